The standard InChI is InChI=1S/C20H20N2O2S/c1-13-10-14(2)18(15(3)11-13)19(23)22-12-16-4-6-17(7-5-16)24-20-21-8-9-25-20/h4-11H,12H2,1-3H3,(H,22,23). The summed E-state index contributed by atoms with van der Waals surface area (Å²) in [5.41, 5.74) is 4.95. The third-order valence-corrected chi connectivity index (χ3v) is 4.54. The van der Waals surface area contributed by atoms with Gasteiger partial charge in [-0.15, -0.1) is 0 Å². The van der Waals surface area contributed by atoms with Crippen LogP contribution < -0.4 is 10.1 Å². The predicted octanol–water partition coefficient (Wildman–Crippen LogP) is 4.79. The molecule has 3 rings (SSSR count). The van der Waals surface area contributed by atoms with Gasteiger partial charge in [0.2, 0.25) is 0 Å². The molecule has 0 aliphatic rings. The van der Waals surface area contributed by atoms with Gasteiger partial charge in [0.15, 0.2) is 0 Å². The van der Waals surface area contributed by atoms with Crippen LogP contribution in [0.15, 0.2) is 48.0 Å². The van der Waals surface area contributed by atoms with E-state index in [1.54, 1.807) is 6.20 Å². The number of carbonyl (C=O) groups excluding carboxylic acids is 1. The maximum Gasteiger partial charge on any atom is 0.278 e. The first kappa shape index (κ1) is 17.2. The predicted molar refractivity (Wildman–Crippen MR) is 100 cm³/mol. The first-order valence-corrected chi connectivity index (χ1v) is 8.93. The van der Waals surface area contributed by atoms with Crippen molar-refractivity contribution in [3.8, 4) is 10.9 Å². The molecule has 0 atom stereocenters. The Hall–Kier alpha value is -2.66. The average Bonchev–Trinajstić information content (AvgIpc) is 3.06. The first-order valence-electron chi connectivity index (χ1n) is 8.05. The maximum atomic E-state index is 12.5. The first-order chi connectivity index (χ1) is 12.0. The van der Waals surface area contributed by atoms with Gasteiger partial charge >= 0.3 is 0 Å². The fourth-order valence-corrected chi connectivity index (χ4v) is 3.35. The molecule has 0 bridgehead atoms. The van der Waals surface area contributed by atoms with Crippen LogP contribution in [0.5, 0.6) is 10.9 Å². The minimum absolute atomic E-state index is 0.0434. The summed E-state index contributed by atoms with van der Waals surface area (Å²) in [4.78, 5) is 16.6. The van der Waals surface area contributed by atoms with Crippen LogP contribution in [0, 0.1) is 20.8 Å². The summed E-state index contributed by atoms with van der Waals surface area (Å²) in [6.07, 6.45) is 1.71. The normalized spacial score (nSPS) is 10.5. The lowest BCUT2D eigenvalue weighted by atomic mass is 9.99. The molecule has 0 spiro atoms. The van der Waals surface area contributed by atoms with Crippen LogP contribution in [0.2, 0.25) is 0 Å². The van der Waals surface area contributed by atoms with Crippen molar-refractivity contribution in [1.82, 2.24) is 10.3 Å². The lowest BCUT2D eigenvalue weighted by Gasteiger charge is -2.12. The van der Waals surface area contributed by atoms with Gasteiger partial charge in [-0.2, -0.15) is 0 Å². The van der Waals surface area contributed by atoms with E-state index in [2.05, 4.69) is 10.3 Å². The summed E-state index contributed by atoms with van der Waals surface area (Å²) in [5.74, 6) is 0.688. The van der Waals surface area contributed by atoms with Crippen LogP contribution in [0.25, 0.3) is 0 Å². The fraction of sp³-hybridized carbons (Fsp3) is 0.200. The van der Waals surface area contributed by atoms with Gasteiger partial charge < -0.3 is 10.1 Å². The zero-order chi connectivity index (χ0) is 17.8. The van der Waals surface area contributed by atoms with E-state index >= 15 is 0 Å². The molecule has 0 aliphatic carbocycles. The molecule has 1 N–H and O–H groups in total. The highest BCUT2D eigenvalue weighted by atomic mass is 32.1. The molecule has 1 amide bonds. The largest absolute Gasteiger partial charge is 0.431 e. The zero-order valence-corrected chi connectivity index (χ0v) is 15.3. The maximum absolute atomic E-state index is 12.5. The monoisotopic (exact) mass is 352 g/mol. The molecule has 25 heavy (non-hydrogen) atoms. The Kier molecular flexibility index (Phi) is 5.14. The highest BCUT2D eigenvalue weighted by molar-refractivity contribution is 7.11. The third kappa shape index (κ3) is 4.25. The van der Waals surface area contributed by atoms with Gasteiger partial charge in [-0.1, -0.05) is 41.2 Å². The van der Waals surface area contributed by atoms with E-state index in [4.69, 9.17) is 4.74 Å². The number of ether oxygens (including phenoxy) is 1. The van der Waals surface area contributed by atoms with Crippen molar-refractivity contribution in [1.29, 1.82) is 0 Å². The fourth-order valence-electron chi connectivity index (χ4n) is 2.85. The Balaban J connectivity index is 1.62. The number of hydrogen-bond acceptors (Lipinski definition) is 4. The molecule has 0 unspecified atom stereocenters. The van der Waals surface area contributed by atoms with Gasteiger partial charge in [-0.25, -0.2) is 4.98 Å². The van der Waals surface area contributed by atoms with Gasteiger partial charge in [0.05, 0.1) is 0 Å². The molecule has 5 heteroatoms. The van der Waals surface area contributed by atoms with Crippen molar-refractivity contribution < 1.29 is 9.53 Å². The molecule has 128 valence electrons. The van der Waals surface area contributed by atoms with Crippen molar-refractivity contribution in [2.75, 3.05) is 0 Å². The Morgan fingerprint density at radius 3 is 2.40 bits per heavy atom. The van der Waals surface area contributed by atoms with Crippen molar-refractivity contribution in [2.45, 2.75) is 27.3 Å². The summed E-state index contributed by atoms with van der Waals surface area (Å²) in [6, 6.07) is 11.7. The number of carbonyl (C=O) groups is 1. The van der Waals surface area contributed by atoms with Crippen molar-refractivity contribution in [3.05, 3.63) is 75.8 Å². The van der Waals surface area contributed by atoms with Gasteiger partial charge in [0, 0.05) is 23.7 Å². The average molecular weight is 352 g/mol. The van der Waals surface area contributed by atoms with E-state index in [0.717, 1.165) is 28.0 Å². The van der Waals surface area contributed by atoms with Crippen LogP contribution in [-0.2, 0) is 6.54 Å². The van der Waals surface area contributed by atoms with Crippen molar-refractivity contribution in [3.63, 3.8) is 0 Å². The van der Waals surface area contributed by atoms with Crippen molar-refractivity contribution in [2.24, 2.45) is 0 Å². The molecule has 0 fully saturated rings. The highest BCUT2D eigenvalue weighted by Gasteiger charge is 2.12. The van der Waals surface area contributed by atoms with E-state index in [0.29, 0.717) is 11.7 Å². The molecule has 1 heterocycles. The van der Waals surface area contributed by atoms with Gasteiger partial charge in [-0.05, 0) is 49.6 Å². The van der Waals surface area contributed by atoms with E-state index in [1.807, 2.05) is 62.5 Å². The summed E-state index contributed by atoms with van der Waals surface area (Å²) < 4.78 is 5.63. The van der Waals surface area contributed by atoms with E-state index in [-0.39, 0.29) is 5.91 Å². The molecular formula is C20H20N2O2S. The number of hydrogen-bond donors (Lipinski definition) is 1. The van der Waals surface area contributed by atoms with Crippen LogP contribution in [-0.4, -0.2) is 10.9 Å². The number of nitrogens with one attached hydrogen (secondary N) is 1. The van der Waals surface area contributed by atoms with E-state index < -0.39 is 0 Å². The lowest BCUT2D eigenvalue weighted by molar-refractivity contribution is 0.0949. The Morgan fingerprint density at radius 1 is 1.12 bits per heavy atom. The van der Waals surface area contributed by atoms with Crippen LogP contribution in [0.3, 0.4) is 0 Å². The summed E-state index contributed by atoms with van der Waals surface area (Å²) in [6.45, 7) is 6.46. The Labute approximate surface area is 151 Å². The molecule has 0 saturated heterocycles. The van der Waals surface area contributed by atoms with Gasteiger partial charge in [0.25, 0.3) is 11.1 Å². The molecule has 0 saturated carbocycles. The van der Waals surface area contributed by atoms with Crippen LogP contribution in [0.4, 0.5) is 0 Å². The zero-order valence-electron chi connectivity index (χ0n) is 14.5. The number of aromatic nitrogens is 1. The number of nitrogens with zero attached hydrogens (tertiary/aromatic N) is 1. The number of aryl methyl sites for hydroxylation is 3. The molecule has 3 aromatic rings. The Bertz CT molecular complexity index is 848. The molecular weight excluding hydrogens is 332 g/mol. The minimum Gasteiger partial charge on any atom is -0.431 e. The molecule has 1 aromatic heterocycles. The smallest absolute Gasteiger partial charge is 0.278 e. The lowest BCUT2D eigenvalue weighted by Crippen LogP contribution is -2.24. The Morgan fingerprint density at radius 2 is 1.80 bits per heavy atom. The summed E-state index contributed by atoms with van der Waals surface area (Å²) in [7, 11) is 0. The third-order valence-electron chi connectivity index (χ3n) is 3.90. The molecule has 2 aromatic carbocycles. The number of amides is 1. The second-order valence-electron chi connectivity index (χ2n) is 6.00. The topological polar surface area (TPSA) is 51.2 Å². The second kappa shape index (κ2) is 7.49. The van der Waals surface area contributed by atoms with E-state index in [1.165, 1.54) is 16.9 Å². The van der Waals surface area contributed by atoms with Crippen LogP contribution >= 0.6 is 11.3 Å². The number of rotatable bonds is 5. The molecule has 4 nitrogen and oxygen atoms in total. The highest BCUT2D eigenvalue weighted by Crippen LogP contribution is 2.23. The minimum atomic E-state index is -0.0434. The molecule has 0 radical (unpaired) electrons. The van der Waals surface area contributed by atoms with E-state index in [9.17, 15) is 4.79 Å². The number of benzene rings is 2. The second-order valence-corrected chi connectivity index (χ2v) is 6.86. The SMILES string of the molecule is Cc1cc(C)c(C(=O)NCc2ccc(Oc3nccs3)cc2)c(C)c1. The van der Waals surface area contributed by atoms with Crippen molar-refractivity contribution >= 4 is 17.2 Å². The number of thiazole rings is 1. The quantitative estimate of drug-likeness (QED) is 0.718. The van der Waals surface area contributed by atoms with Crippen LogP contribution in [0.1, 0.15) is 32.6 Å². The summed E-state index contributed by atoms with van der Waals surface area (Å²) in [5, 5.41) is 5.48. The van der Waals surface area contributed by atoms with Gasteiger partial charge in [-0.3, -0.25) is 4.79 Å². The summed E-state index contributed by atoms with van der Waals surface area (Å²) >= 11 is 1.45. The molecule has 0 aliphatic heterocycles. The van der Waals surface area contributed by atoms with Gasteiger partial charge in [0.1, 0.15) is 5.75 Å².